The van der Waals surface area contributed by atoms with E-state index >= 15 is 0 Å². The molecule has 0 fully saturated rings. The molecule has 0 aliphatic heterocycles. The molecule has 0 bridgehead atoms. The molecule has 0 aliphatic rings. The summed E-state index contributed by atoms with van der Waals surface area (Å²) in [7, 11) is 1.95. The molecule has 0 aliphatic carbocycles. The van der Waals surface area contributed by atoms with Crippen LogP contribution in [-0.4, -0.2) is 12.2 Å². The van der Waals surface area contributed by atoms with Crippen LogP contribution in [0.4, 0.5) is 11.4 Å². The molecule has 0 spiro atoms. The molecule has 0 aromatic heterocycles. The van der Waals surface area contributed by atoms with Crippen molar-refractivity contribution in [1.82, 2.24) is 0 Å². The van der Waals surface area contributed by atoms with E-state index < -0.39 is 6.10 Å². The van der Waals surface area contributed by atoms with Crippen LogP contribution in [0.3, 0.4) is 0 Å². The highest BCUT2D eigenvalue weighted by Gasteiger charge is 2.14. The molecule has 21 heavy (non-hydrogen) atoms. The Bertz CT molecular complexity index is 679. The second kappa shape index (κ2) is 5.99. The van der Waals surface area contributed by atoms with Gasteiger partial charge in [0.2, 0.25) is 0 Å². The minimum atomic E-state index is -0.582. The summed E-state index contributed by atoms with van der Waals surface area (Å²) < 4.78 is 0. The fourth-order valence-electron chi connectivity index (χ4n) is 2.54. The first-order valence-electron chi connectivity index (χ1n) is 6.96. The van der Waals surface area contributed by atoms with Gasteiger partial charge in [-0.25, -0.2) is 0 Å². The molecule has 1 N–H and O–H groups in total. The third-order valence-electron chi connectivity index (χ3n) is 3.56. The van der Waals surface area contributed by atoms with Crippen molar-refractivity contribution in [2.24, 2.45) is 0 Å². The van der Waals surface area contributed by atoms with Gasteiger partial charge < -0.3 is 10.0 Å². The van der Waals surface area contributed by atoms with E-state index in [0.717, 1.165) is 16.9 Å². The van der Waals surface area contributed by atoms with Crippen LogP contribution < -0.4 is 4.90 Å². The molecule has 0 radical (unpaired) electrons. The second-order valence-corrected chi connectivity index (χ2v) is 5.47. The van der Waals surface area contributed by atoms with Crippen molar-refractivity contribution in [2.75, 3.05) is 11.9 Å². The van der Waals surface area contributed by atoms with E-state index in [1.165, 1.54) is 11.1 Å². The first kappa shape index (κ1) is 15.1. The number of hydrogen-bond donors (Lipinski definition) is 1. The van der Waals surface area contributed by atoms with Crippen LogP contribution in [-0.2, 0) is 0 Å². The van der Waals surface area contributed by atoms with Crippen LogP contribution in [0.1, 0.15) is 35.3 Å². The van der Waals surface area contributed by atoms with Crippen molar-refractivity contribution in [2.45, 2.75) is 26.9 Å². The van der Waals surface area contributed by atoms with Gasteiger partial charge in [0, 0.05) is 24.0 Å². The van der Waals surface area contributed by atoms with E-state index in [1.807, 2.05) is 24.1 Å². The molecular weight excluding hydrogens is 260 g/mol. The fourth-order valence-corrected chi connectivity index (χ4v) is 2.54. The first-order chi connectivity index (χ1) is 9.92. The highest BCUT2D eigenvalue weighted by Crippen LogP contribution is 2.32. The van der Waals surface area contributed by atoms with Crippen LogP contribution in [0.5, 0.6) is 0 Å². The van der Waals surface area contributed by atoms with Gasteiger partial charge >= 0.3 is 0 Å². The number of aliphatic hydroxyl groups is 1. The molecule has 0 unspecified atom stereocenters. The van der Waals surface area contributed by atoms with Crippen LogP contribution >= 0.6 is 0 Å². The Balaban J connectivity index is 2.56. The number of nitrogens with zero attached hydrogens (tertiary/aromatic N) is 2. The summed E-state index contributed by atoms with van der Waals surface area (Å²) in [6.07, 6.45) is -0.582. The lowest BCUT2D eigenvalue weighted by Gasteiger charge is -2.25. The quantitative estimate of drug-likeness (QED) is 0.924. The van der Waals surface area contributed by atoms with E-state index in [-0.39, 0.29) is 0 Å². The lowest BCUT2D eigenvalue weighted by Crippen LogP contribution is -2.13. The van der Waals surface area contributed by atoms with Gasteiger partial charge in [-0.1, -0.05) is 12.1 Å². The maximum absolute atomic E-state index is 9.96. The molecule has 0 saturated heterocycles. The fraction of sp³-hybridized carbons (Fsp3) is 0.278. The number of benzene rings is 2. The number of aryl methyl sites for hydroxylation is 2. The molecule has 2 aromatic carbocycles. The summed E-state index contributed by atoms with van der Waals surface area (Å²) in [5.41, 5.74) is 5.68. The highest BCUT2D eigenvalue weighted by atomic mass is 16.3. The smallest absolute Gasteiger partial charge is 0.0992 e. The number of nitriles is 1. The molecule has 108 valence electrons. The Morgan fingerprint density at radius 3 is 2.24 bits per heavy atom. The average molecular weight is 280 g/mol. The summed E-state index contributed by atoms with van der Waals surface area (Å²) in [5, 5.41) is 19.1. The van der Waals surface area contributed by atoms with E-state index in [2.05, 4.69) is 38.1 Å². The van der Waals surface area contributed by atoms with Gasteiger partial charge in [0.05, 0.1) is 17.7 Å². The van der Waals surface area contributed by atoms with E-state index in [9.17, 15) is 5.11 Å². The third-order valence-corrected chi connectivity index (χ3v) is 3.56. The molecule has 2 aromatic rings. The molecule has 0 saturated carbocycles. The van der Waals surface area contributed by atoms with Crippen molar-refractivity contribution in [3.8, 4) is 6.07 Å². The molecule has 0 amide bonds. The minimum Gasteiger partial charge on any atom is -0.389 e. The maximum Gasteiger partial charge on any atom is 0.0992 e. The Hall–Kier alpha value is -2.31. The second-order valence-electron chi connectivity index (χ2n) is 5.47. The molecule has 3 heteroatoms. The number of hydrogen-bond acceptors (Lipinski definition) is 3. The SMILES string of the molecule is Cc1cc(C)cc(N(C)c2cc(C#N)ccc2[C@@H](C)O)c1. The first-order valence-corrected chi connectivity index (χ1v) is 6.96. The number of rotatable bonds is 3. The zero-order valence-corrected chi connectivity index (χ0v) is 12.9. The van der Waals surface area contributed by atoms with E-state index in [1.54, 1.807) is 13.0 Å². The number of aliphatic hydroxyl groups excluding tert-OH is 1. The van der Waals surface area contributed by atoms with Crippen LogP contribution in [0.15, 0.2) is 36.4 Å². The zero-order chi connectivity index (χ0) is 15.6. The standard InChI is InChI=1S/C18H20N2O/c1-12-7-13(2)9-16(8-12)20(4)18-10-15(11-19)5-6-17(18)14(3)21/h5-10,14,21H,1-4H3/t14-/m1/s1. The topological polar surface area (TPSA) is 47.3 Å². The van der Waals surface area contributed by atoms with Crippen LogP contribution in [0, 0.1) is 25.2 Å². The summed E-state index contributed by atoms with van der Waals surface area (Å²) in [6, 6.07) is 13.8. The molecule has 3 nitrogen and oxygen atoms in total. The van der Waals surface area contributed by atoms with Crippen molar-refractivity contribution >= 4 is 11.4 Å². The third kappa shape index (κ3) is 3.24. The highest BCUT2D eigenvalue weighted by molar-refractivity contribution is 5.69. The Kier molecular flexibility index (Phi) is 4.30. The lowest BCUT2D eigenvalue weighted by molar-refractivity contribution is 0.200. The summed E-state index contributed by atoms with van der Waals surface area (Å²) in [4.78, 5) is 2.02. The van der Waals surface area contributed by atoms with Gasteiger partial charge in [-0.15, -0.1) is 0 Å². The van der Waals surface area contributed by atoms with Gasteiger partial charge in [-0.05, 0) is 56.2 Å². The van der Waals surface area contributed by atoms with E-state index in [0.29, 0.717) is 5.56 Å². The maximum atomic E-state index is 9.96. The van der Waals surface area contributed by atoms with Gasteiger partial charge in [0.25, 0.3) is 0 Å². The largest absolute Gasteiger partial charge is 0.389 e. The van der Waals surface area contributed by atoms with Crippen molar-refractivity contribution < 1.29 is 5.11 Å². The van der Waals surface area contributed by atoms with Gasteiger partial charge in [0.15, 0.2) is 0 Å². The predicted octanol–water partition coefficient (Wildman–Crippen LogP) is 4.00. The van der Waals surface area contributed by atoms with Crippen molar-refractivity contribution in [1.29, 1.82) is 5.26 Å². The van der Waals surface area contributed by atoms with Gasteiger partial charge in [-0.3, -0.25) is 0 Å². The molecule has 1 atom stereocenters. The van der Waals surface area contributed by atoms with Gasteiger partial charge in [-0.2, -0.15) is 5.26 Å². The average Bonchev–Trinajstić information content (AvgIpc) is 2.44. The monoisotopic (exact) mass is 280 g/mol. The summed E-state index contributed by atoms with van der Waals surface area (Å²) in [6.45, 7) is 5.86. The summed E-state index contributed by atoms with van der Waals surface area (Å²) in [5.74, 6) is 0. The molecular formula is C18H20N2O. The van der Waals surface area contributed by atoms with E-state index in [4.69, 9.17) is 5.26 Å². The number of anilines is 2. The Morgan fingerprint density at radius 2 is 1.71 bits per heavy atom. The van der Waals surface area contributed by atoms with Gasteiger partial charge in [0.1, 0.15) is 0 Å². The Labute approximate surface area is 126 Å². The normalized spacial score (nSPS) is 11.8. The predicted molar refractivity (Wildman–Crippen MR) is 85.8 cm³/mol. The summed E-state index contributed by atoms with van der Waals surface area (Å²) >= 11 is 0. The van der Waals surface area contributed by atoms with Crippen LogP contribution in [0.2, 0.25) is 0 Å². The zero-order valence-electron chi connectivity index (χ0n) is 12.9. The minimum absolute atomic E-state index is 0.582. The molecule has 0 heterocycles. The van der Waals surface area contributed by atoms with Crippen molar-refractivity contribution in [3.63, 3.8) is 0 Å². The lowest BCUT2D eigenvalue weighted by atomic mass is 10.0. The van der Waals surface area contributed by atoms with Crippen molar-refractivity contribution in [3.05, 3.63) is 58.7 Å². The molecule has 2 rings (SSSR count). The van der Waals surface area contributed by atoms with Crippen LogP contribution in [0.25, 0.3) is 0 Å². The Morgan fingerprint density at radius 1 is 1.10 bits per heavy atom.